The van der Waals surface area contributed by atoms with Gasteiger partial charge in [-0.1, -0.05) is 18.2 Å². The molecular formula is C23H28N2O3. The summed E-state index contributed by atoms with van der Waals surface area (Å²) >= 11 is 0. The third kappa shape index (κ3) is 3.53. The van der Waals surface area contributed by atoms with Crippen LogP contribution < -0.4 is 0 Å². The third-order valence-electron chi connectivity index (χ3n) is 7.02. The summed E-state index contributed by atoms with van der Waals surface area (Å²) in [6, 6.07) is 9.41. The molecule has 4 fully saturated rings. The molecule has 4 bridgehead atoms. The summed E-state index contributed by atoms with van der Waals surface area (Å²) in [4.78, 5) is 27.4. The molecule has 5 heteroatoms. The SMILES string of the molecule is Cc1ccccc1C(=O)OCC(=O)N(CCC#N)C12CC3CC(CC(C3)C1)C2. The van der Waals surface area contributed by atoms with E-state index in [0.717, 1.165) is 24.8 Å². The van der Waals surface area contributed by atoms with Crippen LogP contribution in [-0.4, -0.2) is 35.5 Å². The minimum atomic E-state index is -0.461. The molecule has 0 aromatic heterocycles. The molecule has 0 spiro atoms. The van der Waals surface area contributed by atoms with E-state index in [0.29, 0.717) is 36.3 Å². The predicted molar refractivity (Wildman–Crippen MR) is 104 cm³/mol. The second-order valence-corrected chi connectivity index (χ2v) is 8.99. The van der Waals surface area contributed by atoms with Gasteiger partial charge in [0.2, 0.25) is 0 Å². The zero-order valence-corrected chi connectivity index (χ0v) is 16.5. The first kappa shape index (κ1) is 19.0. The Kier molecular flexibility index (Phi) is 5.14. The smallest absolute Gasteiger partial charge is 0.338 e. The van der Waals surface area contributed by atoms with Crippen LogP contribution in [-0.2, 0) is 9.53 Å². The van der Waals surface area contributed by atoms with Crippen molar-refractivity contribution in [3.8, 4) is 6.07 Å². The summed E-state index contributed by atoms with van der Waals surface area (Å²) in [6.07, 6.45) is 7.33. The van der Waals surface area contributed by atoms with Crippen molar-refractivity contribution in [3.05, 3.63) is 35.4 Å². The van der Waals surface area contributed by atoms with Gasteiger partial charge in [-0.3, -0.25) is 4.79 Å². The molecule has 28 heavy (non-hydrogen) atoms. The van der Waals surface area contributed by atoms with E-state index < -0.39 is 5.97 Å². The van der Waals surface area contributed by atoms with E-state index in [9.17, 15) is 9.59 Å². The molecule has 4 aliphatic carbocycles. The summed E-state index contributed by atoms with van der Waals surface area (Å²) in [5, 5.41) is 9.10. The van der Waals surface area contributed by atoms with Crippen molar-refractivity contribution in [2.45, 2.75) is 57.4 Å². The number of aryl methyl sites for hydroxylation is 1. The van der Waals surface area contributed by atoms with Gasteiger partial charge in [-0.25, -0.2) is 4.79 Å². The Labute approximate surface area is 166 Å². The van der Waals surface area contributed by atoms with E-state index in [2.05, 4.69) is 6.07 Å². The average Bonchev–Trinajstić information content (AvgIpc) is 2.65. The van der Waals surface area contributed by atoms with Crippen LogP contribution in [0.2, 0.25) is 0 Å². The van der Waals surface area contributed by atoms with E-state index >= 15 is 0 Å². The molecule has 0 heterocycles. The summed E-state index contributed by atoms with van der Waals surface area (Å²) in [5.74, 6) is 1.51. The topological polar surface area (TPSA) is 70.4 Å². The fourth-order valence-corrected chi connectivity index (χ4v) is 6.27. The highest BCUT2D eigenvalue weighted by atomic mass is 16.5. The number of rotatable bonds is 6. The Bertz CT molecular complexity index is 775. The maximum absolute atomic E-state index is 13.1. The number of carbonyl (C=O) groups excluding carboxylic acids is 2. The molecule has 4 aliphatic rings. The van der Waals surface area contributed by atoms with Crippen molar-refractivity contribution in [2.24, 2.45) is 17.8 Å². The van der Waals surface area contributed by atoms with Gasteiger partial charge in [-0.05, 0) is 74.8 Å². The van der Waals surface area contributed by atoms with Crippen molar-refractivity contribution >= 4 is 11.9 Å². The summed E-state index contributed by atoms with van der Waals surface area (Å²) in [7, 11) is 0. The number of nitriles is 1. The zero-order valence-electron chi connectivity index (χ0n) is 16.5. The molecule has 5 nitrogen and oxygen atoms in total. The van der Waals surface area contributed by atoms with Gasteiger partial charge in [0.05, 0.1) is 18.1 Å². The number of ether oxygens (including phenoxy) is 1. The number of carbonyl (C=O) groups is 2. The fraction of sp³-hybridized carbons (Fsp3) is 0.609. The van der Waals surface area contributed by atoms with Gasteiger partial charge in [0.15, 0.2) is 6.61 Å². The van der Waals surface area contributed by atoms with Crippen LogP contribution in [0.15, 0.2) is 24.3 Å². The maximum Gasteiger partial charge on any atom is 0.338 e. The van der Waals surface area contributed by atoms with Crippen LogP contribution in [0.1, 0.15) is 60.9 Å². The van der Waals surface area contributed by atoms with Crippen molar-refractivity contribution < 1.29 is 14.3 Å². The maximum atomic E-state index is 13.1. The summed E-state index contributed by atoms with van der Waals surface area (Å²) < 4.78 is 5.38. The van der Waals surface area contributed by atoms with Crippen LogP contribution >= 0.6 is 0 Å². The minimum absolute atomic E-state index is 0.127. The molecular weight excluding hydrogens is 352 g/mol. The molecule has 0 unspecified atom stereocenters. The third-order valence-corrected chi connectivity index (χ3v) is 7.02. The molecule has 4 saturated carbocycles. The van der Waals surface area contributed by atoms with E-state index in [-0.39, 0.29) is 18.1 Å². The van der Waals surface area contributed by atoms with Crippen LogP contribution in [0.25, 0.3) is 0 Å². The van der Waals surface area contributed by atoms with E-state index in [1.54, 1.807) is 12.1 Å². The molecule has 0 saturated heterocycles. The number of esters is 1. The van der Waals surface area contributed by atoms with Gasteiger partial charge in [0.1, 0.15) is 0 Å². The second-order valence-electron chi connectivity index (χ2n) is 8.99. The highest BCUT2D eigenvalue weighted by molar-refractivity contribution is 5.92. The quantitative estimate of drug-likeness (QED) is 0.703. The van der Waals surface area contributed by atoms with E-state index in [1.807, 2.05) is 24.0 Å². The number of amides is 1. The average molecular weight is 380 g/mol. The monoisotopic (exact) mass is 380 g/mol. The number of hydrogen-bond acceptors (Lipinski definition) is 4. The highest BCUT2D eigenvalue weighted by Crippen LogP contribution is 2.57. The largest absolute Gasteiger partial charge is 0.452 e. The first-order chi connectivity index (χ1) is 13.5. The Hall–Kier alpha value is -2.35. The van der Waals surface area contributed by atoms with Crippen molar-refractivity contribution in [2.75, 3.05) is 13.2 Å². The minimum Gasteiger partial charge on any atom is -0.452 e. The lowest BCUT2D eigenvalue weighted by molar-refractivity contribution is -0.153. The molecule has 1 aromatic rings. The molecule has 148 valence electrons. The second kappa shape index (κ2) is 7.58. The number of benzene rings is 1. The van der Waals surface area contributed by atoms with Gasteiger partial charge < -0.3 is 9.64 Å². The lowest BCUT2D eigenvalue weighted by Crippen LogP contribution is -2.62. The standard InChI is InChI=1S/C23H28N2O3/c1-16-5-2-3-6-20(16)22(27)28-15-21(26)25(8-4-7-24)23-12-17-9-18(13-23)11-19(10-17)14-23/h2-3,5-6,17-19H,4,8-15H2,1H3. The fourth-order valence-electron chi connectivity index (χ4n) is 6.27. The van der Waals surface area contributed by atoms with E-state index in [1.165, 1.54) is 19.3 Å². The predicted octanol–water partition coefficient (Wildman–Crippen LogP) is 3.86. The number of hydrogen-bond donors (Lipinski definition) is 0. The zero-order chi connectivity index (χ0) is 19.7. The van der Waals surface area contributed by atoms with Crippen molar-refractivity contribution in [1.82, 2.24) is 4.90 Å². The molecule has 0 aliphatic heterocycles. The highest BCUT2D eigenvalue weighted by Gasteiger charge is 2.54. The lowest BCUT2D eigenvalue weighted by Gasteiger charge is -2.60. The Balaban J connectivity index is 1.47. The molecule has 0 N–H and O–H groups in total. The molecule has 5 rings (SSSR count). The van der Waals surface area contributed by atoms with Crippen molar-refractivity contribution in [3.63, 3.8) is 0 Å². The normalized spacial score (nSPS) is 29.9. The molecule has 0 atom stereocenters. The lowest BCUT2D eigenvalue weighted by atomic mass is 9.52. The van der Waals surface area contributed by atoms with Gasteiger partial charge in [-0.2, -0.15) is 5.26 Å². The van der Waals surface area contributed by atoms with Gasteiger partial charge in [-0.15, -0.1) is 0 Å². The Morgan fingerprint density at radius 1 is 1.14 bits per heavy atom. The Morgan fingerprint density at radius 3 is 2.32 bits per heavy atom. The first-order valence-electron chi connectivity index (χ1n) is 10.4. The molecule has 1 aromatic carbocycles. The van der Waals surface area contributed by atoms with Crippen LogP contribution in [0, 0.1) is 36.0 Å². The summed E-state index contributed by atoms with van der Waals surface area (Å²) in [6.45, 7) is 2.04. The van der Waals surface area contributed by atoms with Crippen molar-refractivity contribution in [1.29, 1.82) is 5.26 Å². The summed E-state index contributed by atoms with van der Waals surface area (Å²) in [5.41, 5.74) is 1.20. The van der Waals surface area contributed by atoms with Crippen LogP contribution in [0.4, 0.5) is 0 Å². The Morgan fingerprint density at radius 2 is 1.75 bits per heavy atom. The number of nitrogens with zero attached hydrogens (tertiary/aromatic N) is 2. The molecule has 1 amide bonds. The molecule has 0 radical (unpaired) electrons. The van der Waals surface area contributed by atoms with E-state index in [4.69, 9.17) is 10.00 Å². The van der Waals surface area contributed by atoms with Crippen LogP contribution in [0.5, 0.6) is 0 Å². The first-order valence-corrected chi connectivity index (χ1v) is 10.4. The van der Waals surface area contributed by atoms with Gasteiger partial charge in [0, 0.05) is 12.1 Å². The van der Waals surface area contributed by atoms with Gasteiger partial charge >= 0.3 is 5.97 Å². The van der Waals surface area contributed by atoms with Gasteiger partial charge in [0.25, 0.3) is 5.91 Å². The van der Waals surface area contributed by atoms with Crippen LogP contribution in [0.3, 0.4) is 0 Å².